The lowest BCUT2D eigenvalue weighted by Gasteiger charge is -2.42. The summed E-state index contributed by atoms with van der Waals surface area (Å²) >= 11 is 0. The normalized spacial score (nSPS) is 17.6. The molecule has 0 radical (unpaired) electrons. The summed E-state index contributed by atoms with van der Waals surface area (Å²) in [7, 11) is 0. The number of aliphatic carboxylic acids is 1. The standard InChI is InChI=1S/C26H30FNO4/c1-18(2)9-14-31-24-8-7-19(15-22(24)27)21-16-26(32-23-6-4-3-5-20(21)23)10-12-28(13-11-26)17-25(29)30/h3-8,15-16,18H,9-14,17H2,1-2H3,(H,29,30). The second-order valence-electron chi connectivity index (χ2n) is 9.07. The van der Waals surface area contributed by atoms with Crippen molar-refractivity contribution in [3.8, 4) is 11.5 Å². The zero-order valence-corrected chi connectivity index (χ0v) is 18.6. The number of para-hydroxylation sites is 1. The number of fused-ring (bicyclic) bond motifs is 1. The summed E-state index contributed by atoms with van der Waals surface area (Å²) in [6.45, 7) is 6.01. The zero-order valence-electron chi connectivity index (χ0n) is 18.6. The van der Waals surface area contributed by atoms with Crippen LogP contribution >= 0.6 is 0 Å². The Morgan fingerprint density at radius 3 is 2.66 bits per heavy atom. The first-order valence-corrected chi connectivity index (χ1v) is 11.2. The van der Waals surface area contributed by atoms with E-state index >= 15 is 0 Å². The van der Waals surface area contributed by atoms with Gasteiger partial charge >= 0.3 is 5.97 Å². The van der Waals surface area contributed by atoms with Crippen molar-refractivity contribution >= 4 is 11.5 Å². The van der Waals surface area contributed by atoms with E-state index in [0.29, 0.717) is 38.5 Å². The lowest BCUT2D eigenvalue weighted by atomic mass is 9.83. The van der Waals surface area contributed by atoms with Crippen molar-refractivity contribution in [3.63, 3.8) is 0 Å². The van der Waals surface area contributed by atoms with Crippen LogP contribution < -0.4 is 9.47 Å². The van der Waals surface area contributed by atoms with Crippen LogP contribution in [0.4, 0.5) is 4.39 Å². The number of carboxylic acid groups (broad SMARTS) is 1. The predicted molar refractivity (Wildman–Crippen MR) is 122 cm³/mol. The van der Waals surface area contributed by atoms with Crippen molar-refractivity contribution < 1.29 is 23.8 Å². The van der Waals surface area contributed by atoms with Crippen LogP contribution in [0.25, 0.3) is 5.57 Å². The van der Waals surface area contributed by atoms with Gasteiger partial charge in [0, 0.05) is 31.5 Å². The van der Waals surface area contributed by atoms with Crippen molar-refractivity contribution in [2.24, 2.45) is 5.92 Å². The predicted octanol–water partition coefficient (Wildman–Crippen LogP) is 4.99. The minimum atomic E-state index is -0.821. The molecular formula is C26H30FNO4. The number of likely N-dealkylation sites (tertiary alicyclic amines) is 1. The van der Waals surface area contributed by atoms with E-state index < -0.39 is 11.6 Å². The Kier molecular flexibility index (Phi) is 6.51. The zero-order chi connectivity index (χ0) is 22.7. The second-order valence-corrected chi connectivity index (χ2v) is 9.07. The van der Waals surface area contributed by atoms with Gasteiger partial charge in [-0.25, -0.2) is 4.39 Å². The maximum Gasteiger partial charge on any atom is 0.317 e. The lowest BCUT2D eigenvalue weighted by Crippen LogP contribution is -2.49. The van der Waals surface area contributed by atoms with Crippen LogP contribution in [0.2, 0.25) is 0 Å². The fourth-order valence-electron chi connectivity index (χ4n) is 4.32. The topological polar surface area (TPSA) is 59.0 Å². The van der Waals surface area contributed by atoms with Gasteiger partial charge < -0.3 is 14.6 Å². The van der Waals surface area contributed by atoms with Crippen LogP contribution in [0.1, 0.15) is 44.2 Å². The monoisotopic (exact) mass is 439 g/mol. The molecule has 0 saturated carbocycles. The smallest absolute Gasteiger partial charge is 0.317 e. The highest BCUT2D eigenvalue weighted by Gasteiger charge is 2.39. The summed E-state index contributed by atoms with van der Waals surface area (Å²) in [6, 6.07) is 12.9. The average Bonchev–Trinajstić information content (AvgIpc) is 2.75. The van der Waals surface area contributed by atoms with Crippen LogP contribution in [0.3, 0.4) is 0 Å². The van der Waals surface area contributed by atoms with Crippen LogP contribution in [0.15, 0.2) is 48.5 Å². The Hall–Kier alpha value is -2.86. The van der Waals surface area contributed by atoms with Gasteiger partial charge in [0.25, 0.3) is 0 Å². The Bertz CT molecular complexity index is 1010. The second kappa shape index (κ2) is 9.33. The highest BCUT2D eigenvalue weighted by Crippen LogP contribution is 2.43. The minimum absolute atomic E-state index is 0.0344. The first-order chi connectivity index (χ1) is 15.3. The van der Waals surface area contributed by atoms with Crippen molar-refractivity contribution in [1.82, 2.24) is 4.90 Å². The molecule has 0 unspecified atom stereocenters. The maximum absolute atomic E-state index is 14.9. The summed E-state index contributed by atoms with van der Waals surface area (Å²) in [5, 5.41) is 9.09. The van der Waals surface area contributed by atoms with E-state index in [0.717, 1.165) is 28.9 Å². The fraction of sp³-hybridized carbons (Fsp3) is 0.423. The molecule has 0 amide bonds. The van der Waals surface area contributed by atoms with Crippen molar-refractivity contribution in [1.29, 1.82) is 0 Å². The van der Waals surface area contributed by atoms with Crippen LogP contribution in [-0.4, -0.2) is 47.8 Å². The molecule has 32 heavy (non-hydrogen) atoms. The minimum Gasteiger partial charge on any atom is -0.491 e. The Labute approximate surface area is 188 Å². The third-order valence-corrected chi connectivity index (χ3v) is 6.15. The number of hydrogen-bond acceptors (Lipinski definition) is 4. The van der Waals surface area contributed by atoms with Gasteiger partial charge in [-0.1, -0.05) is 38.1 Å². The average molecular weight is 440 g/mol. The van der Waals surface area contributed by atoms with E-state index in [4.69, 9.17) is 14.6 Å². The summed E-state index contributed by atoms with van der Waals surface area (Å²) in [5.74, 6) is 0.348. The van der Waals surface area contributed by atoms with Crippen molar-refractivity contribution in [2.75, 3.05) is 26.2 Å². The quantitative estimate of drug-likeness (QED) is 0.658. The summed E-state index contributed by atoms with van der Waals surface area (Å²) < 4.78 is 26.9. The number of carboxylic acids is 1. The molecule has 1 fully saturated rings. The third kappa shape index (κ3) is 4.96. The molecule has 0 bridgehead atoms. The number of hydrogen-bond donors (Lipinski definition) is 1. The molecule has 5 nitrogen and oxygen atoms in total. The molecule has 1 spiro atoms. The molecule has 1 saturated heterocycles. The molecule has 2 heterocycles. The highest BCUT2D eigenvalue weighted by molar-refractivity contribution is 5.85. The van der Waals surface area contributed by atoms with E-state index in [2.05, 4.69) is 19.9 Å². The maximum atomic E-state index is 14.9. The van der Waals surface area contributed by atoms with E-state index in [9.17, 15) is 9.18 Å². The van der Waals surface area contributed by atoms with E-state index in [1.165, 1.54) is 6.07 Å². The fourth-order valence-corrected chi connectivity index (χ4v) is 4.32. The van der Waals surface area contributed by atoms with Crippen LogP contribution in [0.5, 0.6) is 11.5 Å². The third-order valence-electron chi connectivity index (χ3n) is 6.15. The molecule has 0 aromatic heterocycles. The molecule has 6 heteroatoms. The SMILES string of the molecule is CC(C)CCOc1ccc(C2=CC3(CCN(CC(=O)O)CC3)Oc3ccccc32)cc1F. The molecule has 0 aliphatic carbocycles. The summed E-state index contributed by atoms with van der Waals surface area (Å²) in [5.41, 5.74) is 2.12. The molecule has 1 N–H and O–H groups in total. The molecule has 2 aromatic carbocycles. The van der Waals surface area contributed by atoms with Crippen LogP contribution in [-0.2, 0) is 4.79 Å². The van der Waals surface area contributed by atoms with Gasteiger partial charge in [0.2, 0.25) is 0 Å². The van der Waals surface area contributed by atoms with Gasteiger partial charge in [-0.2, -0.15) is 0 Å². The van der Waals surface area contributed by atoms with Gasteiger partial charge in [-0.3, -0.25) is 9.69 Å². The number of rotatable bonds is 7. The van der Waals surface area contributed by atoms with Gasteiger partial charge in [0.1, 0.15) is 11.4 Å². The molecule has 170 valence electrons. The first-order valence-electron chi connectivity index (χ1n) is 11.2. The molecule has 2 aliphatic rings. The molecule has 2 aliphatic heterocycles. The molecule has 2 aromatic rings. The van der Waals surface area contributed by atoms with Gasteiger partial charge in [-0.15, -0.1) is 0 Å². The van der Waals surface area contributed by atoms with Crippen molar-refractivity contribution in [3.05, 3.63) is 65.5 Å². The van der Waals surface area contributed by atoms with Gasteiger partial charge in [0.05, 0.1) is 13.2 Å². The summed E-state index contributed by atoms with van der Waals surface area (Å²) in [6.07, 6.45) is 4.33. The van der Waals surface area contributed by atoms with E-state index in [1.54, 1.807) is 6.07 Å². The number of benzene rings is 2. The number of nitrogens with zero attached hydrogens (tertiary/aromatic N) is 1. The molecular weight excluding hydrogens is 409 g/mol. The van der Waals surface area contributed by atoms with E-state index in [-0.39, 0.29) is 18.1 Å². The lowest BCUT2D eigenvalue weighted by molar-refractivity contribution is -0.139. The van der Waals surface area contributed by atoms with Gasteiger partial charge in [0.15, 0.2) is 11.6 Å². The molecule has 0 atom stereocenters. The van der Waals surface area contributed by atoms with E-state index in [1.807, 2.05) is 35.2 Å². The Balaban J connectivity index is 1.61. The Morgan fingerprint density at radius 2 is 1.97 bits per heavy atom. The van der Waals surface area contributed by atoms with Gasteiger partial charge in [-0.05, 0) is 47.8 Å². The largest absolute Gasteiger partial charge is 0.491 e. The summed E-state index contributed by atoms with van der Waals surface area (Å²) in [4.78, 5) is 13.0. The first kappa shape index (κ1) is 22.3. The number of carbonyl (C=O) groups is 1. The number of halogens is 1. The number of ether oxygens (including phenoxy) is 2. The van der Waals surface area contributed by atoms with Crippen LogP contribution in [0, 0.1) is 11.7 Å². The van der Waals surface area contributed by atoms with Crippen molar-refractivity contribution in [2.45, 2.75) is 38.7 Å². The highest BCUT2D eigenvalue weighted by atomic mass is 19.1. The Morgan fingerprint density at radius 1 is 1.22 bits per heavy atom. The molecule has 4 rings (SSSR count). The number of piperidine rings is 1.